The van der Waals surface area contributed by atoms with Gasteiger partial charge in [-0.25, -0.2) is 4.68 Å². The summed E-state index contributed by atoms with van der Waals surface area (Å²) in [4.78, 5) is 24.1. The maximum Gasteiger partial charge on any atom is 0.286 e. The molecule has 41 heavy (non-hydrogen) atoms. The first kappa shape index (κ1) is 27.6. The molecule has 0 N–H and O–H groups in total. The highest BCUT2D eigenvalue weighted by atomic mass is 32.2. The first-order chi connectivity index (χ1) is 20.2. The summed E-state index contributed by atoms with van der Waals surface area (Å²) < 4.78 is 1.89. The van der Waals surface area contributed by atoms with Crippen LogP contribution in [0.25, 0.3) is 23.0 Å². The number of carbonyl (C=O) groups is 1. The van der Waals surface area contributed by atoms with Gasteiger partial charge < -0.3 is 4.90 Å². The van der Waals surface area contributed by atoms with Crippen molar-refractivity contribution >= 4 is 40.7 Å². The number of nitrogens with zero attached hydrogens (tertiary/aromatic N) is 5. The quantitative estimate of drug-likeness (QED) is 0.169. The molecule has 0 unspecified atom stereocenters. The Morgan fingerprint density at radius 3 is 2.32 bits per heavy atom. The van der Waals surface area contributed by atoms with E-state index in [-0.39, 0.29) is 5.91 Å². The van der Waals surface area contributed by atoms with Gasteiger partial charge in [0.2, 0.25) is 0 Å². The SMILES string of the molecule is CCCSc1ccc(-c2nn(-c3ccccc3)cc2/C=C2\SC(N3CCN(Cc4ccccc4)CC3)=NC2=O)cc1. The van der Waals surface area contributed by atoms with Gasteiger partial charge in [-0.15, -0.1) is 11.8 Å². The number of hydrogen-bond acceptors (Lipinski definition) is 6. The average Bonchev–Trinajstić information content (AvgIpc) is 3.61. The number of piperazine rings is 1. The van der Waals surface area contributed by atoms with Crippen LogP contribution in [-0.2, 0) is 11.3 Å². The number of benzene rings is 3. The van der Waals surface area contributed by atoms with E-state index in [9.17, 15) is 4.79 Å². The maximum absolute atomic E-state index is 13.1. The molecule has 3 heterocycles. The molecular weight excluding hydrogens is 547 g/mol. The molecule has 0 radical (unpaired) electrons. The number of aromatic nitrogens is 2. The van der Waals surface area contributed by atoms with Gasteiger partial charge in [0, 0.05) is 54.9 Å². The molecule has 0 atom stereocenters. The highest BCUT2D eigenvalue weighted by Crippen LogP contribution is 2.34. The second-order valence-corrected chi connectivity index (χ2v) is 12.3. The zero-order valence-corrected chi connectivity index (χ0v) is 24.8. The molecule has 6 nitrogen and oxygen atoms in total. The molecule has 3 aromatic carbocycles. The number of amidine groups is 1. The molecule has 1 amide bonds. The van der Waals surface area contributed by atoms with E-state index in [2.05, 4.69) is 76.3 Å². The van der Waals surface area contributed by atoms with Crippen LogP contribution in [0.15, 0.2) is 106 Å². The van der Waals surface area contributed by atoms with Crippen LogP contribution in [-0.4, -0.2) is 62.6 Å². The van der Waals surface area contributed by atoms with Crippen molar-refractivity contribution in [3.8, 4) is 16.9 Å². The molecule has 1 aromatic heterocycles. The molecule has 8 heteroatoms. The minimum absolute atomic E-state index is 0.179. The summed E-state index contributed by atoms with van der Waals surface area (Å²) in [6.07, 6.45) is 5.10. The van der Waals surface area contributed by atoms with Crippen LogP contribution in [0.2, 0.25) is 0 Å². The van der Waals surface area contributed by atoms with Crippen molar-refractivity contribution in [1.29, 1.82) is 0 Å². The molecule has 2 aliphatic heterocycles. The minimum Gasteiger partial charge on any atom is -0.348 e. The van der Waals surface area contributed by atoms with Crippen molar-refractivity contribution in [3.63, 3.8) is 0 Å². The summed E-state index contributed by atoms with van der Waals surface area (Å²) >= 11 is 3.34. The summed E-state index contributed by atoms with van der Waals surface area (Å²) in [5, 5.41) is 5.75. The lowest BCUT2D eigenvalue weighted by Gasteiger charge is -2.35. The zero-order chi connectivity index (χ0) is 28.0. The smallest absolute Gasteiger partial charge is 0.286 e. The zero-order valence-electron chi connectivity index (χ0n) is 23.1. The van der Waals surface area contributed by atoms with Crippen LogP contribution in [0.3, 0.4) is 0 Å². The molecule has 6 rings (SSSR count). The molecule has 0 aliphatic carbocycles. The normalized spacial score (nSPS) is 16.9. The van der Waals surface area contributed by atoms with Gasteiger partial charge in [-0.2, -0.15) is 10.1 Å². The fraction of sp³-hybridized carbons (Fsp3) is 0.242. The Morgan fingerprint density at radius 1 is 0.902 bits per heavy atom. The molecule has 208 valence electrons. The fourth-order valence-electron chi connectivity index (χ4n) is 4.97. The molecule has 0 spiro atoms. The monoisotopic (exact) mass is 579 g/mol. The first-order valence-electron chi connectivity index (χ1n) is 14.1. The summed E-state index contributed by atoms with van der Waals surface area (Å²) in [6.45, 7) is 6.76. The molecule has 0 saturated carbocycles. The lowest BCUT2D eigenvalue weighted by molar-refractivity contribution is -0.113. The number of hydrogen-bond donors (Lipinski definition) is 0. The first-order valence-corrected chi connectivity index (χ1v) is 15.9. The Bertz CT molecular complexity index is 1540. The van der Waals surface area contributed by atoms with Crippen LogP contribution < -0.4 is 0 Å². The number of carbonyl (C=O) groups excluding carboxylic acids is 1. The van der Waals surface area contributed by atoms with E-state index in [1.54, 1.807) is 0 Å². The standard InChI is InChI=1S/C33H33N5OS2/c1-2-21-40-29-15-13-26(14-16-29)31-27(24-38(35-31)28-11-7-4-8-12-28)22-30-32(39)34-33(41-30)37-19-17-36(18-20-37)23-25-9-5-3-6-10-25/h3-16,22,24H,2,17-21,23H2,1H3/b30-22-. The van der Waals surface area contributed by atoms with Gasteiger partial charge in [-0.05, 0) is 59.8 Å². The Kier molecular flexibility index (Phi) is 8.70. The van der Waals surface area contributed by atoms with Gasteiger partial charge in [-0.3, -0.25) is 9.69 Å². The topological polar surface area (TPSA) is 53.7 Å². The van der Waals surface area contributed by atoms with Crippen molar-refractivity contribution < 1.29 is 4.79 Å². The lowest BCUT2D eigenvalue weighted by Crippen LogP contribution is -2.47. The number of amides is 1. The van der Waals surface area contributed by atoms with Gasteiger partial charge in [0.1, 0.15) is 0 Å². The summed E-state index contributed by atoms with van der Waals surface area (Å²) in [5.74, 6) is 0.921. The molecule has 0 bridgehead atoms. The van der Waals surface area contributed by atoms with Crippen LogP contribution in [0, 0.1) is 0 Å². The second-order valence-electron chi connectivity index (χ2n) is 10.1. The van der Waals surface area contributed by atoms with Gasteiger partial charge >= 0.3 is 0 Å². The van der Waals surface area contributed by atoms with Crippen LogP contribution >= 0.6 is 23.5 Å². The van der Waals surface area contributed by atoms with E-state index in [4.69, 9.17) is 5.10 Å². The lowest BCUT2D eigenvalue weighted by atomic mass is 10.1. The second kappa shape index (κ2) is 12.9. The largest absolute Gasteiger partial charge is 0.348 e. The third kappa shape index (κ3) is 6.67. The van der Waals surface area contributed by atoms with Crippen LogP contribution in [0.1, 0.15) is 24.5 Å². The van der Waals surface area contributed by atoms with Crippen molar-refractivity contribution in [3.05, 3.63) is 107 Å². The number of thioether (sulfide) groups is 2. The van der Waals surface area contributed by atoms with Crippen LogP contribution in [0.5, 0.6) is 0 Å². The minimum atomic E-state index is -0.179. The number of rotatable bonds is 8. The molecular formula is C33H33N5OS2. The number of para-hydroxylation sites is 1. The highest BCUT2D eigenvalue weighted by Gasteiger charge is 2.29. The van der Waals surface area contributed by atoms with Crippen molar-refractivity contribution in [2.45, 2.75) is 24.8 Å². The Hall–Kier alpha value is -3.59. The average molecular weight is 580 g/mol. The summed E-state index contributed by atoms with van der Waals surface area (Å²) in [6, 6.07) is 29.2. The predicted octanol–water partition coefficient (Wildman–Crippen LogP) is 6.83. The third-order valence-electron chi connectivity index (χ3n) is 7.15. The van der Waals surface area contributed by atoms with Gasteiger partial charge in [-0.1, -0.05) is 67.6 Å². The predicted molar refractivity (Wildman–Crippen MR) is 171 cm³/mol. The maximum atomic E-state index is 13.1. The number of aliphatic imine (C=N–C) groups is 1. The molecule has 1 fully saturated rings. The van der Waals surface area contributed by atoms with E-state index in [0.29, 0.717) is 4.91 Å². The van der Waals surface area contributed by atoms with E-state index in [1.807, 2.05) is 59.0 Å². The fourth-order valence-corrected chi connectivity index (χ4v) is 6.70. The van der Waals surface area contributed by atoms with Gasteiger partial charge in [0.05, 0.1) is 16.3 Å². The Balaban J connectivity index is 1.20. The van der Waals surface area contributed by atoms with Gasteiger partial charge in [0.25, 0.3) is 5.91 Å². The molecule has 1 saturated heterocycles. The van der Waals surface area contributed by atoms with Crippen LogP contribution in [0.4, 0.5) is 0 Å². The van der Waals surface area contributed by atoms with E-state index in [1.165, 1.54) is 22.2 Å². The summed E-state index contributed by atoms with van der Waals surface area (Å²) in [7, 11) is 0. The Labute approximate surface area is 250 Å². The molecule has 2 aliphatic rings. The highest BCUT2D eigenvalue weighted by molar-refractivity contribution is 8.18. The van der Waals surface area contributed by atoms with Crippen molar-refractivity contribution in [1.82, 2.24) is 19.6 Å². The van der Waals surface area contributed by atoms with E-state index < -0.39 is 0 Å². The Morgan fingerprint density at radius 2 is 1.61 bits per heavy atom. The summed E-state index contributed by atoms with van der Waals surface area (Å²) in [5.41, 5.74) is 5.09. The molecule has 4 aromatic rings. The van der Waals surface area contributed by atoms with Crippen molar-refractivity contribution in [2.75, 3.05) is 31.9 Å². The third-order valence-corrected chi connectivity index (χ3v) is 9.41. The van der Waals surface area contributed by atoms with E-state index in [0.717, 1.165) is 72.6 Å². The van der Waals surface area contributed by atoms with Crippen molar-refractivity contribution in [2.24, 2.45) is 4.99 Å². The van der Waals surface area contributed by atoms with E-state index >= 15 is 0 Å². The van der Waals surface area contributed by atoms with Gasteiger partial charge in [0.15, 0.2) is 5.17 Å².